The maximum absolute atomic E-state index is 8.85. The van der Waals surface area contributed by atoms with Gasteiger partial charge in [-0.05, 0) is 35.0 Å². The van der Waals surface area contributed by atoms with Crippen LogP contribution in [0, 0.1) is 6.92 Å². The van der Waals surface area contributed by atoms with E-state index in [1.807, 2.05) is 25.1 Å². The number of aliphatic hydroxyl groups excluding tert-OH is 1. The zero-order valence-electron chi connectivity index (χ0n) is 10.2. The molecule has 96 valence electrons. The maximum Gasteiger partial charge on any atom is 0.214 e. The molecular formula is C11H14N4O2S. The summed E-state index contributed by atoms with van der Waals surface area (Å²) in [6.45, 7) is 2.08. The Morgan fingerprint density at radius 1 is 1.44 bits per heavy atom. The topological polar surface area (TPSA) is 73.1 Å². The lowest BCUT2D eigenvalue weighted by molar-refractivity contribution is 0.322. The van der Waals surface area contributed by atoms with E-state index in [1.165, 1.54) is 11.8 Å². The molecule has 0 fully saturated rings. The Morgan fingerprint density at radius 2 is 2.28 bits per heavy atom. The van der Waals surface area contributed by atoms with Crippen LogP contribution in [0.3, 0.4) is 0 Å². The number of nitrogens with zero attached hydrogens (tertiary/aromatic N) is 4. The molecule has 0 radical (unpaired) electrons. The number of thioether (sulfide) groups is 1. The first-order chi connectivity index (χ1) is 8.76. The van der Waals surface area contributed by atoms with E-state index in [4.69, 9.17) is 9.84 Å². The zero-order valence-corrected chi connectivity index (χ0v) is 11.0. The van der Waals surface area contributed by atoms with Crippen LogP contribution >= 0.6 is 11.8 Å². The van der Waals surface area contributed by atoms with Gasteiger partial charge in [-0.1, -0.05) is 17.8 Å². The van der Waals surface area contributed by atoms with Crippen LogP contribution in [0.1, 0.15) is 5.56 Å². The van der Waals surface area contributed by atoms with Gasteiger partial charge in [0.1, 0.15) is 11.4 Å². The minimum absolute atomic E-state index is 0.0858. The van der Waals surface area contributed by atoms with Crippen molar-refractivity contribution in [3.8, 4) is 11.4 Å². The first kappa shape index (κ1) is 12.8. The number of aryl methyl sites for hydroxylation is 1. The smallest absolute Gasteiger partial charge is 0.214 e. The third kappa shape index (κ3) is 2.62. The summed E-state index contributed by atoms with van der Waals surface area (Å²) in [5.74, 6) is 1.26. The second-order valence-corrected chi connectivity index (χ2v) is 4.68. The Hall–Kier alpha value is -1.60. The molecule has 0 aliphatic rings. The molecule has 1 aromatic heterocycles. The molecular weight excluding hydrogens is 252 g/mol. The number of ether oxygens (including phenoxy) is 1. The highest BCUT2D eigenvalue weighted by atomic mass is 32.2. The van der Waals surface area contributed by atoms with Gasteiger partial charge in [0.2, 0.25) is 5.16 Å². The molecule has 7 heteroatoms. The van der Waals surface area contributed by atoms with E-state index in [9.17, 15) is 0 Å². The van der Waals surface area contributed by atoms with Crippen molar-refractivity contribution in [1.82, 2.24) is 20.2 Å². The molecule has 18 heavy (non-hydrogen) atoms. The normalized spacial score (nSPS) is 10.6. The largest absolute Gasteiger partial charge is 0.494 e. The molecule has 2 rings (SSSR count). The number of aliphatic hydroxyl groups is 1. The number of benzene rings is 1. The summed E-state index contributed by atoms with van der Waals surface area (Å²) in [7, 11) is 1.61. The summed E-state index contributed by atoms with van der Waals surface area (Å²) in [5.41, 5.74) is 1.89. The summed E-state index contributed by atoms with van der Waals surface area (Å²) < 4.78 is 6.93. The highest BCUT2D eigenvalue weighted by Crippen LogP contribution is 2.26. The highest BCUT2D eigenvalue weighted by Gasteiger charge is 2.13. The summed E-state index contributed by atoms with van der Waals surface area (Å²) in [6, 6.07) is 5.80. The maximum atomic E-state index is 8.85. The lowest BCUT2D eigenvalue weighted by atomic mass is 10.2. The van der Waals surface area contributed by atoms with E-state index in [0.29, 0.717) is 16.7 Å². The Kier molecular flexibility index (Phi) is 4.16. The van der Waals surface area contributed by atoms with E-state index in [2.05, 4.69) is 15.5 Å². The number of tetrazole rings is 1. The van der Waals surface area contributed by atoms with Crippen molar-refractivity contribution >= 4 is 11.8 Å². The predicted octanol–water partition coefficient (Wildman–Crippen LogP) is 1.06. The van der Waals surface area contributed by atoms with E-state index in [1.54, 1.807) is 11.8 Å². The highest BCUT2D eigenvalue weighted by molar-refractivity contribution is 7.99. The van der Waals surface area contributed by atoms with Gasteiger partial charge in [-0.15, -0.1) is 5.10 Å². The van der Waals surface area contributed by atoms with Crippen LogP contribution in [-0.2, 0) is 0 Å². The molecule has 0 unspecified atom stereocenters. The molecule has 0 atom stereocenters. The lowest BCUT2D eigenvalue weighted by Crippen LogP contribution is -2.03. The molecule has 0 saturated carbocycles. The first-order valence-electron chi connectivity index (χ1n) is 5.43. The minimum atomic E-state index is 0.0858. The van der Waals surface area contributed by atoms with Gasteiger partial charge in [0, 0.05) is 5.75 Å². The quantitative estimate of drug-likeness (QED) is 0.816. The SMILES string of the molecule is COc1ccc(C)cc1-n1nnnc1SCCO. The van der Waals surface area contributed by atoms with Crippen molar-refractivity contribution in [2.24, 2.45) is 0 Å². The second kappa shape index (κ2) is 5.83. The van der Waals surface area contributed by atoms with Crippen molar-refractivity contribution in [3.63, 3.8) is 0 Å². The van der Waals surface area contributed by atoms with Crippen LogP contribution in [0.25, 0.3) is 5.69 Å². The zero-order chi connectivity index (χ0) is 13.0. The van der Waals surface area contributed by atoms with Crippen molar-refractivity contribution < 1.29 is 9.84 Å². The molecule has 0 bridgehead atoms. The van der Waals surface area contributed by atoms with Gasteiger partial charge < -0.3 is 9.84 Å². The molecule has 0 saturated heterocycles. The van der Waals surface area contributed by atoms with Gasteiger partial charge in [-0.2, -0.15) is 4.68 Å². The molecule has 6 nitrogen and oxygen atoms in total. The van der Waals surface area contributed by atoms with Crippen LogP contribution in [0.4, 0.5) is 0 Å². The van der Waals surface area contributed by atoms with Crippen LogP contribution < -0.4 is 4.74 Å². The van der Waals surface area contributed by atoms with Crippen LogP contribution in [0.15, 0.2) is 23.4 Å². The van der Waals surface area contributed by atoms with Gasteiger partial charge in [0.15, 0.2) is 0 Å². The predicted molar refractivity (Wildman–Crippen MR) is 68.3 cm³/mol. The van der Waals surface area contributed by atoms with Crippen molar-refractivity contribution in [2.45, 2.75) is 12.1 Å². The summed E-state index contributed by atoms with van der Waals surface area (Å²) in [4.78, 5) is 0. The van der Waals surface area contributed by atoms with Crippen molar-refractivity contribution in [1.29, 1.82) is 0 Å². The van der Waals surface area contributed by atoms with Gasteiger partial charge in [-0.25, -0.2) is 0 Å². The Bertz CT molecular complexity index is 530. The Morgan fingerprint density at radius 3 is 3.00 bits per heavy atom. The fourth-order valence-corrected chi connectivity index (χ4v) is 2.15. The van der Waals surface area contributed by atoms with Gasteiger partial charge in [-0.3, -0.25) is 0 Å². The van der Waals surface area contributed by atoms with Gasteiger partial charge in [0.05, 0.1) is 13.7 Å². The molecule has 1 N–H and O–H groups in total. The number of hydrogen-bond acceptors (Lipinski definition) is 6. The van der Waals surface area contributed by atoms with Crippen LogP contribution in [-0.4, -0.2) is 44.8 Å². The van der Waals surface area contributed by atoms with Gasteiger partial charge >= 0.3 is 0 Å². The van der Waals surface area contributed by atoms with E-state index in [0.717, 1.165) is 11.3 Å². The van der Waals surface area contributed by atoms with Gasteiger partial charge in [0.25, 0.3) is 0 Å². The molecule has 0 aliphatic carbocycles. The molecule has 0 aliphatic heterocycles. The van der Waals surface area contributed by atoms with E-state index < -0.39 is 0 Å². The fourth-order valence-electron chi connectivity index (χ4n) is 1.52. The Balaban J connectivity index is 2.41. The number of hydrogen-bond donors (Lipinski definition) is 1. The Labute approximate surface area is 109 Å². The average molecular weight is 266 g/mol. The molecule has 0 spiro atoms. The summed E-state index contributed by atoms with van der Waals surface area (Å²) in [5, 5.41) is 21.0. The number of rotatable bonds is 5. The summed E-state index contributed by atoms with van der Waals surface area (Å²) >= 11 is 1.39. The number of aromatic nitrogens is 4. The first-order valence-corrected chi connectivity index (χ1v) is 6.42. The summed E-state index contributed by atoms with van der Waals surface area (Å²) in [6.07, 6.45) is 0. The molecule has 1 heterocycles. The lowest BCUT2D eigenvalue weighted by Gasteiger charge is -2.09. The van der Waals surface area contributed by atoms with E-state index >= 15 is 0 Å². The second-order valence-electron chi connectivity index (χ2n) is 3.62. The third-order valence-corrected chi connectivity index (χ3v) is 3.23. The van der Waals surface area contributed by atoms with Crippen molar-refractivity contribution in [3.05, 3.63) is 23.8 Å². The molecule has 1 aromatic carbocycles. The van der Waals surface area contributed by atoms with Crippen molar-refractivity contribution in [2.75, 3.05) is 19.5 Å². The average Bonchev–Trinajstić information content (AvgIpc) is 2.84. The minimum Gasteiger partial charge on any atom is -0.494 e. The monoisotopic (exact) mass is 266 g/mol. The van der Waals surface area contributed by atoms with Crippen LogP contribution in [0.5, 0.6) is 5.75 Å². The number of methoxy groups -OCH3 is 1. The van der Waals surface area contributed by atoms with Crippen LogP contribution in [0.2, 0.25) is 0 Å². The molecule has 2 aromatic rings. The molecule has 0 amide bonds. The fraction of sp³-hybridized carbons (Fsp3) is 0.364. The standard InChI is InChI=1S/C11H14N4O2S/c1-8-3-4-10(17-2)9(7-8)15-11(12-13-14-15)18-6-5-16/h3-4,7,16H,5-6H2,1-2H3. The third-order valence-electron chi connectivity index (χ3n) is 2.33. The van der Waals surface area contributed by atoms with E-state index in [-0.39, 0.29) is 6.61 Å².